The Labute approximate surface area is 141 Å². The number of hydrogen-bond donors (Lipinski definition) is 3. The lowest BCUT2D eigenvalue weighted by Crippen LogP contribution is -2.37. The first-order valence-corrected chi connectivity index (χ1v) is 6.64. The minimum Gasteiger partial charge on any atom is -0.496 e. The van der Waals surface area contributed by atoms with E-state index in [0.29, 0.717) is 34.6 Å². The van der Waals surface area contributed by atoms with Crippen LogP contribution in [0.25, 0.3) is 0 Å². The van der Waals surface area contributed by atoms with Gasteiger partial charge in [-0.25, -0.2) is 0 Å². The fraction of sp³-hybridized carbons (Fsp3) is 0.462. The number of nitrogen functional groups attached to an aromatic ring is 1. The van der Waals surface area contributed by atoms with Gasteiger partial charge in [0.15, 0.2) is 0 Å². The van der Waals surface area contributed by atoms with Crippen LogP contribution in [0.3, 0.4) is 0 Å². The van der Waals surface area contributed by atoms with Gasteiger partial charge in [0, 0.05) is 18.7 Å². The summed E-state index contributed by atoms with van der Waals surface area (Å²) in [5.41, 5.74) is 6.48. The summed E-state index contributed by atoms with van der Waals surface area (Å²) >= 11 is 5.94. The molecule has 21 heavy (non-hydrogen) atoms. The molecule has 120 valence electrons. The normalized spacial score (nSPS) is 16.6. The molecule has 1 heterocycles. The second kappa shape index (κ2) is 9.20. The lowest BCUT2D eigenvalue weighted by Gasteiger charge is -2.14. The maximum atomic E-state index is 12.1. The Morgan fingerprint density at radius 2 is 2.24 bits per heavy atom. The van der Waals surface area contributed by atoms with E-state index in [1.165, 1.54) is 13.2 Å². The predicted molar refractivity (Wildman–Crippen MR) is 90.3 cm³/mol. The van der Waals surface area contributed by atoms with E-state index in [0.717, 1.165) is 19.4 Å². The Kier molecular flexibility index (Phi) is 8.82. The number of ether oxygens (including phenoxy) is 1. The fourth-order valence-electron chi connectivity index (χ4n) is 2.16. The molecule has 1 aromatic rings. The van der Waals surface area contributed by atoms with E-state index in [4.69, 9.17) is 22.1 Å². The third-order valence-corrected chi connectivity index (χ3v) is 3.56. The lowest BCUT2D eigenvalue weighted by molar-refractivity contribution is 0.0947. The molecule has 0 saturated carbocycles. The number of halogens is 3. The second-order valence-corrected chi connectivity index (χ2v) is 4.98. The van der Waals surface area contributed by atoms with Gasteiger partial charge >= 0.3 is 0 Å². The molecule has 8 heteroatoms. The van der Waals surface area contributed by atoms with Gasteiger partial charge in [0.25, 0.3) is 5.91 Å². The molecule has 4 N–H and O–H groups in total. The first-order valence-electron chi connectivity index (χ1n) is 6.26. The summed E-state index contributed by atoms with van der Waals surface area (Å²) in [6.07, 6.45) is 2.23. The molecule has 0 radical (unpaired) electrons. The van der Waals surface area contributed by atoms with Crippen LogP contribution in [-0.4, -0.2) is 32.1 Å². The summed E-state index contributed by atoms with van der Waals surface area (Å²) in [4.78, 5) is 12.1. The summed E-state index contributed by atoms with van der Waals surface area (Å²) in [6.45, 7) is 1.61. The second-order valence-electron chi connectivity index (χ2n) is 4.58. The number of nitrogens with one attached hydrogen (secondary N) is 2. The zero-order valence-corrected chi connectivity index (χ0v) is 14.0. The molecule has 5 nitrogen and oxygen atoms in total. The van der Waals surface area contributed by atoms with E-state index in [2.05, 4.69) is 10.6 Å². The molecule has 1 atom stereocenters. The number of anilines is 1. The van der Waals surface area contributed by atoms with E-state index in [1.807, 2.05) is 0 Å². The largest absolute Gasteiger partial charge is 0.496 e. The summed E-state index contributed by atoms with van der Waals surface area (Å²) < 4.78 is 5.16. The smallest absolute Gasteiger partial charge is 0.255 e. The van der Waals surface area contributed by atoms with Crippen LogP contribution in [0.15, 0.2) is 12.1 Å². The van der Waals surface area contributed by atoms with E-state index >= 15 is 0 Å². The van der Waals surface area contributed by atoms with Crippen molar-refractivity contribution in [2.24, 2.45) is 0 Å². The van der Waals surface area contributed by atoms with Gasteiger partial charge in [0.2, 0.25) is 0 Å². The Hall–Kier alpha value is -0.880. The van der Waals surface area contributed by atoms with Gasteiger partial charge in [-0.1, -0.05) is 11.6 Å². The Bertz CT molecular complexity index is 480. The van der Waals surface area contributed by atoms with Crippen LogP contribution in [0.1, 0.15) is 23.2 Å². The molecule has 0 unspecified atom stereocenters. The molecule has 1 fully saturated rings. The third-order valence-electron chi connectivity index (χ3n) is 3.23. The van der Waals surface area contributed by atoms with Gasteiger partial charge in [-0.15, -0.1) is 24.8 Å². The van der Waals surface area contributed by atoms with E-state index in [1.54, 1.807) is 6.07 Å². The molecule has 1 amide bonds. The van der Waals surface area contributed by atoms with E-state index in [9.17, 15) is 4.79 Å². The predicted octanol–water partition coefficient (Wildman–Crippen LogP) is 2.26. The molecule has 1 saturated heterocycles. The minimum absolute atomic E-state index is 0. The molecule has 1 aliphatic heterocycles. The number of carbonyl (C=O) groups excluding carboxylic acids is 1. The van der Waals surface area contributed by atoms with E-state index < -0.39 is 0 Å². The first kappa shape index (κ1) is 20.1. The van der Waals surface area contributed by atoms with Crippen molar-refractivity contribution in [2.75, 3.05) is 25.9 Å². The van der Waals surface area contributed by atoms with Gasteiger partial charge in [0.05, 0.1) is 23.4 Å². The molecule has 1 aliphatic rings. The molecule has 0 aliphatic carbocycles. The quantitative estimate of drug-likeness (QED) is 0.723. The van der Waals surface area contributed by atoms with Crippen LogP contribution in [0.5, 0.6) is 5.75 Å². The Morgan fingerprint density at radius 1 is 1.52 bits per heavy atom. The molecule has 1 aromatic carbocycles. The van der Waals surface area contributed by atoms with Crippen molar-refractivity contribution in [3.63, 3.8) is 0 Å². The van der Waals surface area contributed by atoms with Crippen LogP contribution >= 0.6 is 36.4 Å². The summed E-state index contributed by atoms with van der Waals surface area (Å²) in [5, 5.41) is 6.55. The zero-order valence-electron chi connectivity index (χ0n) is 11.6. The van der Waals surface area contributed by atoms with Crippen molar-refractivity contribution < 1.29 is 9.53 Å². The van der Waals surface area contributed by atoms with Crippen molar-refractivity contribution in [3.05, 3.63) is 22.7 Å². The van der Waals surface area contributed by atoms with Gasteiger partial charge < -0.3 is 21.1 Å². The number of rotatable bonds is 4. The Morgan fingerprint density at radius 3 is 2.81 bits per heavy atom. The molecular weight excluding hydrogens is 337 g/mol. The highest BCUT2D eigenvalue weighted by molar-refractivity contribution is 6.33. The highest BCUT2D eigenvalue weighted by Gasteiger charge is 2.18. The monoisotopic (exact) mass is 355 g/mol. The number of nitrogens with two attached hydrogens (primary N) is 1. The van der Waals surface area contributed by atoms with Gasteiger partial charge in [0.1, 0.15) is 5.75 Å². The lowest BCUT2D eigenvalue weighted by atomic mass is 10.1. The molecule has 0 aromatic heterocycles. The van der Waals surface area contributed by atoms with Crippen molar-refractivity contribution >= 4 is 48.0 Å². The topological polar surface area (TPSA) is 76.4 Å². The zero-order chi connectivity index (χ0) is 13.8. The molecular formula is C13H20Cl3N3O2. The van der Waals surface area contributed by atoms with E-state index in [-0.39, 0.29) is 30.7 Å². The van der Waals surface area contributed by atoms with Gasteiger partial charge in [-0.3, -0.25) is 4.79 Å². The average molecular weight is 357 g/mol. The van der Waals surface area contributed by atoms with Gasteiger partial charge in [-0.05, 0) is 25.5 Å². The maximum Gasteiger partial charge on any atom is 0.255 e. The number of hydrogen-bond acceptors (Lipinski definition) is 4. The van der Waals surface area contributed by atoms with Crippen LogP contribution in [0, 0.1) is 0 Å². The standard InChI is InChI=1S/C13H18ClN3O2.2ClH/c1-19-12-6-11(15)10(14)5-9(12)13(18)17-7-8-3-2-4-16-8;;/h5-6,8,16H,2-4,7,15H2,1H3,(H,17,18);2*1H/t8-;;/m0../s1. The van der Waals surface area contributed by atoms with Crippen molar-refractivity contribution in [2.45, 2.75) is 18.9 Å². The van der Waals surface area contributed by atoms with Crippen molar-refractivity contribution in [1.82, 2.24) is 10.6 Å². The highest BCUT2D eigenvalue weighted by Crippen LogP contribution is 2.28. The fourth-order valence-corrected chi connectivity index (χ4v) is 2.32. The number of benzene rings is 1. The Balaban J connectivity index is 0.00000200. The first-order chi connectivity index (χ1) is 9.11. The third kappa shape index (κ3) is 5.11. The van der Waals surface area contributed by atoms with Crippen molar-refractivity contribution in [1.29, 1.82) is 0 Å². The summed E-state index contributed by atoms with van der Waals surface area (Å²) in [7, 11) is 1.50. The van der Waals surface area contributed by atoms with Gasteiger partial charge in [-0.2, -0.15) is 0 Å². The SMILES string of the molecule is COc1cc(N)c(Cl)cc1C(=O)NC[C@@H]1CCCN1.Cl.Cl. The summed E-state index contributed by atoms with van der Waals surface area (Å²) in [6, 6.07) is 3.44. The number of methoxy groups -OCH3 is 1. The average Bonchev–Trinajstić information content (AvgIpc) is 2.91. The number of amides is 1. The molecule has 0 spiro atoms. The molecule has 2 rings (SSSR count). The highest BCUT2D eigenvalue weighted by atomic mass is 35.5. The molecule has 0 bridgehead atoms. The summed E-state index contributed by atoms with van der Waals surface area (Å²) in [5.74, 6) is 0.228. The van der Waals surface area contributed by atoms with Crippen molar-refractivity contribution in [3.8, 4) is 5.75 Å². The van der Waals surface area contributed by atoms with Crippen LogP contribution in [0.2, 0.25) is 5.02 Å². The maximum absolute atomic E-state index is 12.1. The minimum atomic E-state index is -0.201. The van der Waals surface area contributed by atoms with Crippen LogP contribution < -0.4 is 21.1 Å². The van der Waals surface area contributed by atoms with Crippen LogP contribution in [-0.2, 0) is 0 Å². The number of carbonyl (C=O) groups is 1. The van der Waals surface area contributed by atoms with Crippen LogP contribution in [0.4, 0.5) is 5.69 Å².